The van der Waals surface area contributed by atoms with Crippen molar-refractivity contribution in [3.63, 3.8) is 0 Å². The van der Waals surface area contributed by atoms with E-state index in [2.05, 4.69) is 10.6 Å². The van der Waals surface area contributed by atoms with E-state index in [1.54, 1.807) is 6.92 Å². The second-order valence-corrected chi connectivity index (χ2v) is 4.77. The summed E-state index contributed by atoms with van der Waals surface area (Å²) in [5.41, 5.74) is -0.192. The molecular weight excluding hydrogens is 285 g/mol. The molecule has 0 saturated carbocycles. The van der Waals surface area contributed by atoms with Gasteiger partial charge in [0.05, 0.1) is 11.6 Å². The van der Waals surface area contributed by atoms with Crippen LogP contribution in [0.4, 0.5) is 13.2 Å². The van der Waals surface area contributed by atoms with Gasteiger partial charge in [-0.1, -0.05) is 12.1 Å². The minimum Gasteiger partial charge on any atom is -0.348 e. The summed E-state index contributed by atoms with van der Waals surface area (Å²) in [6.07, 6.45) is -4.38. The molecule has 0 fully saturated rings. The Balaban J connectivity index is 2.69. The first-order valence-electron chi connectivity index (χ1n) is 6.36. The number of alkyl halides is 3. The third-order valence-corrected chi connectivity index (χ3v) is 2.91. The van der Waals surface area contributed by atoms with Gasteiger partial charge in [0.2, 0.25) is 11.8 Å². The van der Waals surface area contributed by atoms with E-state index in [1.807, 2.05) is 0 Å². The molecule has 21 heavy (non-hydrogen) atoms. The zero-order valence-corrected chi connectivity index (χ0v) is 11.9. The summed E-state index contributed by atoms with van der Waals surface area (Å²) in [5.74, 6) is -0.738. The lowest BCUT2D eigenvalue weighted by atomic mass is 10.1. The molecule has 2 atom stereocenters. The summed E-state index contributed by atoms with van der Waals surface area (Å²) in [5, 5.41) is 5.05. The van der Waals surface area contributed by atoms with Gasteiger partial charge in [-0.15, -0.1) is 0 Å². The van der Waals surface area contributed by atoms with Crippen molar-refractivity contribution >= 4 is 11.8 Å². The van der Waals surface area contributed by atoms with E-state index in [9.17, 15) is 22.8 Å². The number of benzene rings is 1. The van der Waals surface area contributed by atoms with Gasteiger partial charge in [0, 0.05) is 6.92 Å². The standard InChI is InChI=1S/C14H17F3N2O2/c1-8(19-13(21)9(2)18-10(3)20)11-4-6-12(7-5-11)14(15,16)17/h4-9H,1-3H3,(H,18,20)(H,19,21)/t8-,9+/m0/s1. The zero-order chi connectivity index (χ0) is 16.2. The Hall–Kier alpha value is -2.05. The minimum absolute atomic E-state index is 0.333. The molecule has 0 aromatic heterocycles. The molecule has 0 bridgehead atoms. The molecule has 0 heterocycles. The van der Waals surface area contributed by atoms with Crippen molar-refractivity contribution in [1.82, 2.24) is 10.6 Å². The van der Waals surface area contributed by atoms with Crippen molar-refractivity contribution in [2.45, 2.75) is 39.0 Å². The monoisotopic (exact) mass is 302 g/mol. The van der Waals surface area contributed by atoms with Crippen LogP contribution in [0, 0.1) is 0 Å². The maximum absolute atomic E-state index is 12.4. The van der Waals surface area contributed by atoms with Crippen LogP contribution >= 0.6 is 0 Å². The largest absolute Gasteiger partial charge is 0.416 e. The SMILES string of the molecule is CC(=O)N[C@H](C)C(=O)N[C@@H](C)c1ccc(C(F)(F)F)cc1. The van der Waals surface area contributed by atoms with E-state index in [4.69, 9.17) is 0 Å². The summed E-state index contributed by atoms with van der Waals surface area (Å²) < 4.78 is 37.3. The minimum atomic E-state index is -4.38. The van der Waals surface area contributed by atoms with Crippen LogP contribution in [-0.4, -0.2) is 17.9 Å². The number of hydrogen-bond acceptors (Lipinski definition) is 2. The van der Waals surface area contributed by atoms with Crippen molar-refractivity contribution in [3.8, 4) is 0 Å². The Morgan fingerprint density at radius 2 is 1.57 bits per heavy atom. The molecule has 7 heteroatoms. The predicted octanol–water partition coefficient (Wildman–Crippen LogP) is 2.41. The average Bonchev–Trinajstić information content (AvgIpc) is 2.36. The molecule has 2 N–H and O–H groups in total. The summed E-state index contributed by atoms with van der Waals surface area (Å²) in [6, 6.07) is 3.40. The number of amides is 2. The van der Waals surface area contributed by atoms with Gasteiger partial charge < -0.3 is 10.6 Å². The maximum Gasteiger partial charge on any atom is 0.416 e. The first-order chi connectivity index (χ1) is 9.61. The first kappa shape index (κ1) is 17.0. The Morgan fingerprint density at radius 3 is 2.00 bits per heavy atom. The fourth-order valence-corrected chi connectivity index (χ4v) is 1.75. The molecule has 0 unspecified atom stereocenters. The number of carbonyl (C=O) groups is 2. The molecular formula is C14H17F3N2O2. The van der Waals surface area contributed by atoms with Crippen LogP contribution in [0.15, 0.2) is 24.3 Å². The molecule has 4 nitrogen and oxygen atoms in total. The van der Waals surface area contributed by atoms with Gasteiger partial charge in [-0.25, -0.2) is 0 Å². The first-order valence-corrected chi connectivity index (χ1v) is 6.36. The van der Waals surface area contributed by atoms with Crippen LogP contribution in [0.2, 0.25) is 0 Å². The molecule has 0 saturated heterocycles. The fraction of sp³-hybridized carbons (Fsp3) is 0.429. The van der Waals surface area contributed by atoms with E-state index in [-0.39, 0.29) is 5.91 Å². The second-order valence-electron chi connectivity index (χ2n) is 4.77. The lowest BCUT2D eigenvalue weighted by Crippen LogP contribution is -2.44. The highest BCUT2D eigenvalue weighted by atomic mass is 19.4. The van der Waals surface area contributed by atoms with Gasteiger partial charge >= 0.3 is 6.18 Å². The summed E-state index contributed by atoms with van der Waals surface area (Å²) in [7, 11) is 0. The van der Waals surface area contributed by atoms with Crippen LogP contribution < -0.4 is 10.6 Å². The highest BCUT2D eigenvalue weighted by Gasteiger charge is 2.30. The van der Waals surface area contributed by atoms with E-state index >= 15 is 0 Å². The molecule has 2 amide bonds. The molecule has 1 aromatic rings. The van der Waals surface area contributed by atoms with Crippen LogP contribution in [-0.2, 0) is 15.8 Å². The third kappa shape index (κ3) is 5.09. The smallest absolute Gasteiger partial charge is 0.348 e. The van der Waals surface area contributed by atoms with E-state index in [0.717, 1.165) is 12.1 Å². The molecule has 0 aliphatic carbocycles. The molecule has 0 aliphatic rings. The highest BCUT2D eigenvalue weighted by molar-refractivity contribution is 5.86. The van der Waals surface area contributed by atoms with Crippen LogP contribution in [0.3, 0.4) is 0 Å². The highest BCUT2D eigenvalue weighted by Crippen LogP contribution is 2.29. The van der Waals surface area contributed by atoms with Crippen LogP contribution in [0.25, 0.3) is 0 Å². The number of nitrogens with one attached hydrogen (secondary N) is 2. The molecule has 1 aromatic carbocycles. The van der Waals surface area contributed by atoms with Crippen molar-refractivity contribution in [3.05, 3.63) is 35.4 Å². The van der Waals surface area contributed by atoms with Gasteiger partial charge in [-0.2, -0.15) is 13.2 Å². The average molecular weight is 302 g/mol. The Kier molecular flexibility index (Phi) is 5.34. The Morgan fingerprint density at radius 1 is 1.05 bits per heavy atom. The summed E-state index contributed by atoms with van der Waals surface area (Å²) >= 11 is 0. The van der Waals surface area contributed by atoms with Crippen LogP contribution in [0.5, 0.6) is 0 Å². The van der Waals surface area contributed by atoms with Crippen molar-refractivity contribution in [1.29, 1.82) is 0 Å². The van der Waals surface area contributed by atoms with Crippen molar-refractivity contribution < 1.29 is 22.8 Å². The lowest BCUT2D eigenvalue weighted by molar-refractivity contribution is -0.137. The van der Waals surface area contributed by atoms with Gasteiger partial charge in [0.15, 0.2) is 0 Å². The van der Waals surface area contributed by atoms with Crippen molar-refractivity contribution in [2.75, 3.05) is 0 Å². The van der Waals surface area contributed by atoms with E-state index in [1.165, 1.54) is 26.0 Å². The fourth-order valence-electron chi connectivity index (χ4n) is 1.75. The van der Waals surface area contributed by atoms with Gasteiger partial charge in [0.25, 0.3) is 0 Å². The second kappa shape index (κ2) is 6.60. The van der Waals surface area contributed by atoms with Crippen LogP contribution in [0.1, 0.15) is 37.9 Å². The molecule has 0 aliphatic heterocycles. The quantitative estimate of drug-likeness (QED) is 0.897. The maximum atomic E-state index is 12.4. The molecule has 1 rings (SSSR count). The van der Waals surface area contributed by atoms with E-state index in [0.29, 0.717) is 5.56 Å². The molecule has 0 spiro atoms. The number of halogens is 3. The van der Waals surface area contributed by atoms with Gasteiger partial charge in [-0.05, 0) is 31.5 Å². The summed E-state index contributed by atoms with van der Waals surface area (Å²) in [6.45, 7) is 4.47. The van der Waals surface area contributed by atoms with E-state index < -0.39 is 29.7 Å². The third-order valence-electron chi connectivity index (χ3n) is 2.91. The van der Waals surface area contributed by atoms with Gasteiger partial charge in [-0.3, -0.25) is 9.59 Å². The Bertz CT molecular complexity index is 512. The number of rotatable bonds is 4. The molecule has 0 radical (unpaired) electrons. The van der Waals surface area contributed by atoms with Gasteiger partial charge in [0.1, 0.15) is 6.04 Å². The topological polar surface area (TPSA) is 58.2 Å². The van der Waals surface area contributed by atoms with Crippen molar-refractivity contribution in [2.24, 2.45) is 0 Å². The number of hydrogen-bond donors (Lipinski definition) is 2. The Labute approximate surface area is 120 Å². The number of carbonyl (C=O) groups excluding carboxylic acids is 2. The molecule has 116 valence electrons. The normalized spacial score (nSPS) is 14.2. The predicted molar refractivity (Wildman–Crippen MR) is 71.3 cm³/mol. The zero-order valence-electron chi connectivity index (χ0n) is 11.9. The lowest BCUT2D eigenvalue weighted by Gasteiger charge is -2.18. The summed E-state index contributed by atoms with van der Waals surface area (Å²) in [4.78, 5) is 22.6.